The molecule has 29 heavy (non-hydrogen) atoms. The highest BCUT2D eigenvalue weighted by atomic mass is 35.5. The number of halogens is 1. The van der Waals surface area contributed by atoms with Gasteiger partial charge in [-0.05, 0) is 43.4 Å². The van der Waals surface area contributed by atoms with Crippen LogP contribution in [0.1, 0.15) is 44.1 Å². The Morgan fingerprint density at radius 2 is 1.86 bits per heavy atom. The lowest BCUT2D eigenvalue weighted by Gasteiger charge is -2.31. The van der Waals surface area contributed by atoms with Crippen molar-refractivity contribution in [2.24, 2.45) is 5.92 Å². The van der Waals surface area contributed by atoms with Gasteiger partial charge < -0.3 is 14.4 Å². The van der Waals surface area contributed by atoms with Gasteiger partial charge in [0.2, 0.25) is 5.91 Å². The van der Waals surface area contributed by atoms with Gasteiger partial charge in [0, 0.05) is 43.2 Å². The molecule has 0 spiro atoms. The topological polar surface area (TPSA) is 42.0 Å². The van der Waals surface area contributed by atoms with Crippen molar-refractivity contribution in [1.29, 1.82) is 0 Å². The Morgan fingerprint density at radius 1 is 1.07 bits per heavy atom. The van der Waals surface area contributed by atoms with Crippen LogP contribution in [0.25, 0.3) is 0 Å². The molecule has 4 rings (SSSR count). The fraction of sp³-hybridized carbons (Fsp3) is 0.696. The first-order valence-electron chi connectivity index (χ1n) is 11.2. The first-order chi connectivity index (χ1) is 14.2. The predicted octanol–water partition coefficient (Wildman–Crippen LogP) is 3.77. The van der Waals surface area contributed by atoms with E-state index in [1.807, 2.05) is 18.2 Å². The fourth-order valence-electron chi connectivity index (χ4n) is 4.87. The van der Waals surface area contributed by atoms with Crippen molar-refractivity contribution in [2.75, 3.05) is 46.0 Å². The first-order valence-corrected chi connectivity index (χ1v) is 11.6. The van der Waals surface area contributed by atoms with Crippen LogP contribution >= 0.6 is 11.6 Å². The normalized spacial score (nSPS) is 24.2. The molecule has 0 bridgehead atoms. The largest absolute Gasteiger partial charge is 0.492 e. The summed E-state index contributed by atoms with van der Waals surface area (Å²) in [4.78, 5) is 17.4. The Kier molecular flexibility index (Phi) is 7.33. The van der Waals surface area contributed by atoms with Gasteiger partial charge in [-0.3, -0.25) is 9.69 Å². The van der Waals surface area contributed by atoms with Crippen LogP contribution in [0.15, 0.2) is 18.2 Å². The van der Waals surface area contributed by atoms with Gasteiger partial charge in [0.15, 0.2) is 0 Å². The summed E-state index contributed by atoms with van der Waals surface area (Å²) in [5, 5.41) is 0.706. The molecule has 2 heterocycles. The number of rotatable bonds is 7. The lowest BCUT2D eigenvalue weighted by Crippen LogP contribution is -2.39. The number of carbonyl (C=O) groups is 1. The standard InChI is InChI=1S/C23H33ClN2O3/c24-22-17-21(29-15-12-25-10-13-28-14-11-25)7-6-18(22)16-19-8-9-26(23(19)27)20-4-2-1-3-5-20/h6-7,17,19-20H,1-5,8-16H2. The number of nitrogens with zero attached hydrogens (tertiary/aromatic N) is 2. The molecule has 1 amide bonds. The van der Waals surface area contributed by atoms with E-state index < -0.39 is 0 Å². The average molecular weight is 421 g/mol. The number of carbonyl (C=O) groups excluding carboxylic acids is 1. The van der Waals surface area contributed by atoms with E-state index in [0.29, 0.717) is 23.6 Å². The Bertz CT molecular complexity index is 687. The van der Waals surface area contributed by atoms with Gasteiger partial charge >= 0.3 is 0 Å². The van der Waals surface area contributed by atoms with Crippen molar-refractivity contribution in [1.82, 2.24) is 9.80 Å². The fourth-order valence-corrected chi connectivity index (χ4v) is 5.12. The lowest BCUT2D eigenvalue weighted by molar-refractivity contribution is -0.133. The van der Waals surface area contributed by atoms with Gasteiger partial charge in [-0.1, -0.05) is 36.9 Å². The van der Waals surface area contributed by atoms with Crippen molar-refractivity contribution >= 4 is 17.5 Å². The van der Waals surface area contributed by atoms with Crippen LogP contribution in [-0.2, 0) is 16.0 Å². The lowest BCUT2D eigenvalue weighted by atomic mass is 9.94. The number of benzene rings is 1. The summed E-state index contributed by atoms with van der Waals surface area (Å²) < 4.78 is 11.3. The number of amides is 1. The summed E-state index contributed by atoms with van der Waals surface area (Å²) in [7, 11) is 0. The molecule has 0 radical (unpaired) electrons. The Morgan fingerprint density at radius 3 is 2.62 bits per heavy atom. The maximum Gasteiger partial charge on any atom is 0.226 e. The van der Waals surface area contributed by atoms with E-state index in [1.165, 1.54) is 32.1 Å². The zero-order valence-corrected chi connectivity index (χ0v) is 18.0. The molecule has 1 saturated carbocycles. The average Bonchev–Trinajstić information content (AvgIpc) is 3.11. The van der Waals surface area contributed by atoms with Gasteiger partial charge in [-0.2, -0.15) is 0 Å². The highest BCUT2D eigenvalue weighted by molar-refractivity contribution is 6.31. The van der Waals surface area contributed by atoms with Crippen LogP contribution in [0.2, 0.25) is 5.02 Å². The number of hydrogen-bond acceptors (Lipinski definition) is 4. The van der Waals surface area contributed by atoms with E-state index in [2.05, 4.69) is 9.80 Å². The van der Waals surface area contributed by atoms with Crippen molar-refractivity contribution < 1.29 is 14.3 Å². The highest BCUT2D eigenvalue weighted by Crippen LogP contribution is 2.32. The third-order valence-electron chi connectivity index (χ3n) is 6.64. The van der Waals surface area contributed by atoms with Crippen molar-refractivity contribution in [3.63, 3.8) is 0 Å². The van der Waals surface area contributed by atoms with Crippen LogP contribution < -0.4 is 4.74 Å². The Hall–Kier alpha value is -1.30. The molecule has 2 aliphatic heterocycles. The smallest absolute Gasteiger partial charge is 0.226 e. The molecule has 3 fully saturated rings. The van der Waals surface area contributed by atoms with Gasteiger partial charge in [0.1, 0.15) is 12.4 Å². The molecule has 0 N–H and O–H groups in total. The number of hydrogen-bond donors (Lipinski definition) is 0. The van der Waals surface area contributed by atoms with Crippen molar-refractivity contribution in [2.45, 2.75) is 51.0 Å². The van der Waals surface area contributed by atoms with Crippen LogP contribution in [-0.4, -0.2) is 67.7 Å². The number of morpholine rings is 1. The predicted molar refractivity (Wildman–Crippen MR) is 115 cm³/mol. The van der Waals surface area contributed by atoms with Gasteiger partial charge in [-0.25, -0.2) is 0 Å². The molecular weight excluding hydrogens is 388 g/mol. The molecule has 160 valence electrons. The summed E-state index contributed by atoms with van der Waals surface area (Å²) in [5.74, 6) is 1.20. The van der Waals surface area contributed by atoms with E-state index in [4.69, 9.17) is 21.1 Å². The van der Waals surface area contributed by atoms with Crippen LogP contribution in [0.5, 0.6) is 5.75 Å². The van der Waals surface area contributed by atoms with Crippen molar-refractivity contribution in [3.05, 3.63) is 28.8 Å². The zero-order chi connectivity index (χ0) is 20.1. The summed E-state index contributed by atoms with van der Waals surface area (Å²) in [5.41, 5.74) is 1.05. The summed E-state index contributed by atoms with van der Waals surface area (Å²) in [6.07, 6.45) is 7.87. The third-order valence-corrected chi connectivity index (χ3v) is 6.99. The summed E-state index contributed by atoms with van der Waals surface area (Å²) in [6.45, 7) is 6.00. The molecule has 3 aliphatic rings. The third kappa shape index (κ3) is 5.44. The first kappa shape index (κ1) is 21.0. The molecule has 1 aliphatic carbocycles. The molecule has 1 aromatic rings. The van der Waals surface area contributed by atoms with Crippen LogP contribution in [0, 0.1) is 5.92 Å². The monoisotopic (exact) mass is 420 g/mol. The second-order valence-corrected chi connectivity index (χ2v) is 8.98. The van der Waals surface area contributed by atoms with Gasteiger partial charge in [-0.15, -0.1) is 0 Å². The van der Waals surface area contributed by atoms with E-state index in [0.717, 1.165) is 63.5 Å². The highest BCUT2D eigenvalue weighted by Gasteiger charge is 2.36. The molecule has 6 heteroatoms. The molecule has 1 atom stereocenters. The molecular formula is C23H33ClN2O3. The second-order valence-electron chi connectivity index (χ2n) is 8.57. The summed E-state index contributed by atoms with van der Waals surface area (Å²) in [6, 6.07) is 6.38. The van der Waals surface area contributed by atoms with Crippen LogP contribution in [0.4, 0.5) is 0 Å². The molecule has 0 aromatic heterocycles. The van der Waals surface area contributed by atoms with Crippen molar-refractivity contribution in [3.8, 4) is 5.75 Å². The second kappa shape index (κ2) is 10.1. The van der Waals surface area contributed by atoms with E-state index in [9.17, 15) is 4.79 Å². The minimum absolute atomic E-state index is 0.0718. The zero-order valence-electron chi connectivity index (χ0n) is 17.3. The quantitative estimate of drug-likeness (QED) is 0.673. The number of ether oxygens (including phenoxy) is 2. The SMILES string of the molecule is O=C1C(Cc2ccc(OCCN3CCOCC3)cc2Cl)CCN1C1CCCCC1. The van der Waals surface area contributed by atoms with E-state index >= 15 is 0 Å². The Labute approximate surface area is 179 Å². The molecule has 2 saturated heterocycles. The molecule has 5 nitrogen and oxygen atoms in total. The minimum atomic E-state index is 0.0718. The number of likely N-dealkylation sites (tertiary alicyclic amines) is 1. The van der Waals surface area contributed by atoms with E-state index in [1.54, 1.807) is 0 Å². The summed E-state index contributed by atoms with van der Waals surface area (Å²) >= 11 is 6.54. The van der Waals surface area contributed by atoms with E-state index in [-0.39, 0.29) is 5.92 Å². The van der Waals surface area contributed by atoms with Gasteiger partial charge in [0.05, 0.1) is 13.2 Å². The molecule has 1 aromatic carbocycles. The van der Waals surface area contributed by atoms with Gasteiger partial charge in [0.25, 0.3) is 0 Å². The molecule has 1 unspecified atom stereocenters. The maximum absolute atomic E-state index is 12.9. The minimum Gasteiger partial charge on any atom is -0.492 e. The van der Waals surface area contributed by atoms with Crippen LogP contribution in [0.3, 0.4) is 0 Å². The maximum atomic E-state index is 12.9. The Balaban J connectivity index is 1.27.